The molecule has 4 heterocycles. The molecule has 40 heavy (non-hydrogen) atoms. The van der Waals surface area contributed by atoms with Gasteiger partial charge in [-0.25, -0.2) is 14.4 Å². The topological polar surface area (TPSA) is 108 Å². The first-order valence-corrected chi connectivity index (χ1v) is 12.7. The molecule has 9 nitrogen and oxygen atoms in total. The van der Waals surface area contributed by atoms with Crippen LogP contribution in [0.25, 0.3) is 11.1 Å². The van der Waals surface area contributed by atoms with Crippen LogP contribution in [0.15, 0.2) is 47.4 Å². The molecule has 1 aliphatic carbocycles. The number of hydrogen-bond donors (Lipinski definition) is 1. The van der Waals surface area contributed by atoms with E-state index in [2.05, 4.69) is 25.5 Å². The molecular weight excluding hydrogens is 532 g/mol. The SMILES string of the molecule is Cc1nn(C2COC2)cc1Cc1ncc(-c2ccc(CC(=O)Nc3cc(C4(C(F)(F)F)CC4)on3)c(F)c2)cn1. The number of aryl methyl sites for hydroxylation is 1. The maximum atomic E-state index is 14.8. The molecule has 2 aliphatic rings. The second kappa shape index (κ2) is 9.81. The van der Waals surface area contributed by atoms with E-state index in [9.17, 15) is 22.4 Å². The van der Waals surface area contributed by atoms with E-state index in [0.717, 1.165) is 17.3 Å². The number of carbonyl (C=O) groups is 1. The van der Waals surface area contributed by atoms with Crippen LogP contribution in [0.3, 0.4) is 0 Å². The first kappa shape index (κ1) is 26.1. The van der Waals surface area contributed by atoms with Gasteiger partial charge in [0.2, 0.25) is 5.91 Å². The van der Waals surface area contributed by atoms with Gasteiger partial charge in [0.25, 0.3) is 0 Å². The Labute approximate surface area is 225 Å². The van der Waals surface area contributed by atoms with E-state index < -0.39 is 23.3 Å². The highest BCUT2D eigenvalue weighted by Crippen LogP contribution is 2.59. The standard InChI is InChI=1S/C27H24F4N6O3/c1-15-18(12-37(35-15)20-13-39-14-20)7-23-32-10-19(11-33-23)16-2-3-17(21(28)6-16)8-25(38)34-24-9-22(40-36-24)26(4-5-26)27(29,30)31/h2-3,6,9-12,20H,4-5,7-8,13-14H2,1H3,(H,34,36,38). The molecule has 2 fully saturated rings. The van der Waals surface area contributed by atoms with Crippen molar-refractivity contribution in [2.24, 2.45) is 0 Å². The Morgan fingerprint density at radius 2 is 1.88 bits per heavy atom. The third kappa shape index (κ3) is 4.96. The van der Waals surface area contributed by atoms with Gasteiger partial charge in [0.1, 0.15) is 17.1 Å². The van der Waals surface area contributed by atoms with E-state index in [0.29, 0.717) is 36.6 Å². The smallest absolute Gasteiger partial charge is 0.377 e. The number of carbonyl (C=O) groups excluding carboxylic acids is 1. The molecule has 13 heteroatoms. The third-order valence-electron chi connectivity index (χ3n) is 7.35. The van der Waals surface area contributed by atoms with E-state index in [1.165, 1.54) is 12.1 Å². The van der Waals surface area contributed by atoms with Crippen molar-refractivity contribution in [1.82, 2.24) is 24.9 Å². The van der Waals surface area contributed by atoms with E-state index in [-0.39, 0.29) is 42.4 Å². The van der Waals surface area contributed by atoms with Gasteiger partial charge < -0.3 is 14.6 Å². The lowest BCUT2D eigenvalue weighted by Crippen LogP contribution is -2.30. The van der Waals surface area contributed by atoms with Crippen LogP contribution in [0.1, 0.15) is 47.3 Å². The lowest BCUT2D eigenvalue weighted by atomic mass is 10.0. The zero-order valence-electron chi connectivity index (χ0n) is 21.3. The van der Waals surface area contributed by atoms with Crippen LogP contribution in [0.5, 0.6) is 0 Å². The summed E-state index contributed by atoms with van der Waals surface area (Å²) in [5.74, 6) is -1.14. The summed E-state index contributed by atoms with van der Waals surface area (Å²) >= 11 is 0. The van der Waals surface area contributed by atoms with Crippen LogP contribution in [-0.2, 0) is 27.8 Å². The molecule has 208 valence electrons. The quantitative estimate of drug-likeness (QED) is 0.313. The van der Waals surface area contributed by atoms with E-state index in [1.54, 1.807) is 18.5 Å². The molecule has 3 aromatic heterocycles. The Hall–Kier alpha value is -4.13. The molecule has 6 rings (SSSR count). The largest absolute Gasteiger partial charge is 0.401 e. The normalized spacial score (nSPS) is 16.5. The highest BCUT2D eigenvalue weighted by Gasteiger charge is 2.66. The molecule has 1 N–H and O–H groups in total. The first-order valence-electron chi connectivity index (χ1n) is 12.7. The number of amides is 1. The molecule has 4 aromatic rings. The molecule has 1 amide bonds. The third-order valence-corrected chi connectivity index (χ3v) is 7.35. The number of ether oxygens (including phenoxy) is 1. The van der Waals surface area contributed by atoms with Crippen molar-refractivity contribution >= 4 is 11.7 Å². The van der Waals surface area contributed by atoms with Crippen molar-refractivity contribution in [3.05, 3.63) is 77.1 Å². The zero-order valence-corrected chi connectivity index (χ0v) is 21.3. The Bertz CT molecular complexity index is 1560. The molecule has 0 radical (unpaired) electrons. The minimum absolute atomic E-state index is 0.0910. The number of hydrogen-bond acceptors (Lipinski definition) is 7. The monoisotopic (exact) mass is 556 g/mol. The summed E-state index contributed by atoms with van der Waals surface area (Å²) in [5, 5.41) is 10.4. The summed E-state index contributed by atoms with van der Waals surface area (Å²) in [6.45, 7) is 3.24. The Morgan fingerprint density at radius 3 is 2.50 bits per heavy atom. The predicted molar refractivity (Wildman–Crippen MR) is 133 cm³/mol. The predicted octanol–water partition coefficient (Wildman–Crippen LogP) is 4.71. The number of nitrogens with one attached hydrogen (secondary N) is 1. The van der Waals surface area contributed by atoms with Crippen LogP contribution >= 0.6 is 0 Å². The van der Waals surface area contributed by atoms with Crippen molar-refractivity contribution in [3.63, 3.8) is 0 Å². The molecule has 1 aromatic carbocycles. The highest BCUT2D eigenvalue weighted by atomic mass is 19.4. The van der Waals surface area contributed by atoms with Crippen LogP contribution in [-0.4, -0.2) is 50.2 Å². The number of alkyl halides is 3. The van der Waals surface area contributed by atoms with E-state index >= 15 is 0 Å². The Kier molecular flexibility index (Phi) is 6.40. The molecule has 0 bridgehead atoms. The van der Waals surface area contributed by atoms with Gasteiger partial charge >= 0.3 is 6.18 Å². The van der Waals surface area contributed by atoms with Crippen molar-refractivity contribution in [3.8, 4) is 11.1 Å². The average Bonchev–Trinajstić information content (AvgIpc) is 3.46. The second-order valence-electron chi connectivity index (χ2n) is 10.2. The van der Waals surface area contributed by atoms with Gasteiger partial charge in [-0.05, 0) is 37.0 Å². The number of benzene rings is 1. The van der Waals surface area contributed by atoms with Gasteiger partial charge in [0, 0.05) is 42.2 Å². The fourth-order valence-corrected chi connectivity index (χ4v) is 4.61. The van der Waals surface area contributed by atoms with Gasteiger partial charge in [-0.15, -0.1) is 0 Å². The van der Waals surface area contributed by atoms with Crippen molar-refractivity contribution < 1.29 is 31.6 Å². The molecule has 1 saturated heterocycles. The van der Waals surface area contributed by atoms with Gasteiger partial charge in [-0.2, -0.15) is 18.3 Å². The van der Waals surface area contributed by atoms with Gasteiger partial charge in [0.05, 0.1) is 31.4 Å². The van der Waals surface area contributed by atoms with E-state index in [1.807, 2.05) is 17.8 Å². The summed E-state index contributed by atoms with van der Waals surface area (Å²) in [6.07, 6.45) is 0.729. The number of aromatic nitrogens is 5. The summed E-state index contributed by atoms with van der Waals surface area (Å²) in [4.78, 5) is 21.3. The lowest BCUT2D eigenvalue weighted by Gasteiger charge is -2.25. The number of nitrogens with zero attached hydrogens (tertiary/aromatic N) is 5. The minimum atomic E-state index is -4.46. The number of rotatable bonds is 8. The van der Waals surface area contributed by atoms with Crippen LogP contribution in [0, 0.1) is 12.7 Å². The number of anilines is 1. The summed E-state index contributed by atoms with van der Waals surface area (Å²) in [6, 6.07) is 5.72. The summed E-state index contributed by atoms with van der Waals surface area (Å²) in [7, 11) is 0. The highest BCUT2D eigenvalue weighted by molar-refractivity contribution is 5.91. The van der Waals surface area contributed by atoms with Crippen molar-refractivity contribution in [2.75, 3.05) is 18.5 Å². The molecule has 1 saturated carbocycles. The lowest BCUT2D eigenvalue weighted by molar-refractivity contribution is -0.165. The maximum Gasteiger partial charge on any atom is 0.401 e. The van der Waals surface area contributed by atoms with Gasteiger partial charge in [0.15, 0.2) is 11.6 Å². The van der Waals surface area contributed by atoms with E-state index in [4.69, 9.17) is 9.26 Å². The summed E-state index contributed by atoms with van der Waals surface area (Å²) < 4.78 is 66.6. The molecule has 0 spiro atoms. The number of halogens is 4. The Balaban J connectivity index is 1.08. The first-order chi connectivity index (χ1) is 19.1. The Morgan fingerprint density at radius 1 is 1.12 bits per heavy atom. The molecular formula is C27H24F4N6O3. The minimum Gasteiger partial charge on any atom is -0.377 e. The fourth-order valence-electron chi connectivity index (χ4n) is 4.61. The van der Waals surface area contributed by atoms with Crippen LogP contribution in [0.2, 0.25) is 0 Å². The van der Waals surface area contributed by atoms with Gasteiger partial charge in [-0.3, -0.25) is 9.48 Å². The van der Waals surface area contributed by atoms with Crippen molar-refractivity contribution in [1.29, 1.82) is 0 Å². The average molecular weight is 557 g/mol. The van der Waals surface area contributed by atoms with Crippen LogP contribution < -0.4 is 5.32 Å². The molecule has 0 atom stereocenters. The maximum absolute atomic E-state index is 14.8. The van der Waals surface area contributed by atoms with Crippen molar-refractivity contribution in [2.45, 2.75) is 50.2 Å². The zero-order chi connectivity index (χ0) is 28.1. The van der Waals surface area contributed by atoms with Gasteiger partial charge in [-0.1, -0.05) is 17.3 Å². The molecule has 1 aliphatic heterocycles. The van der Waals surface area contributed by atoms with Crippen LogP contribution in [0.4, 0.5) is 23.4 Å². The summed E-state index contributed by atoms with van der Waals surface area (Å²) in [5.41, 5.74) is 1.12. The second-order valence-corrected chi connectivity index (χ2v) is 10.2. The fraction of sp³-hybridized carbons (Fsp3) is 0.370. The molecule has 0 unspecified atom stereocenters.